The maximum absolute atomic E-state index is 9.57. The van der Waals surface area contributed by atoms with E-state index in [0.717, 1.165) is 13.0 Å². The van der Waals surface area contributed by atoms with E-state index in [2.05, 4.69) is 6.92 Å². The van der Waals surface area contributed by atoms with Crippen LogP contribution in [0.2, 0.25) is 0 Å². The van der Waals surface area contributed by atoms with E-state index in [9.17, 15) is 5.21 Å². The maximum atomic E-state index is 9.57. The van der Waals surface area contributed by atoms with Crippen LogP contribution in [0.15, 0.2) is 0 Å². The van der Waals surface area contributed by atoms with Crippen molar-refractivity contribution in [3.63, 3.8) is 0 Å². The molecule has 0 aliphatic carbocycles. The molecule has 0 radical (unpaired) electrons. The highest BCUT2D eigenvalue weighted by Crippen LogP contribution is 2.13. The molecule has 0 aliphatic heterocycles. The van der Waals surface area contributed by atoms with Gasteiger partial charge in [-0.3, -0.25) is 0 Å². The highest BCUT2D eigenvalue weighted by molar-refractivity contribution is 4.49. The number of unbranched alkanes of at least 4 members (excludes halogenated alkanes) is 15. The predicted molar refractivity (Wildman–Crippen MR) is 98.3 cm³/mol. The normalized spacial score (nSPS) is 11.5. The van der Waals surface area contributed by atoms with Gasteiger partial charge in [0.2, 0.25) is 0 Å². The van der Waals surface area contributed by atoms with E-state index in [-0.39, 0.29) is 17.1 Å². The molecule has 0 heterocycles. The lowest BCUT2D eigenvalue weighted by molar-refractivity contribution is -1.07. The first-order chi connectivity index (χ1) is 10.6. The van der Waals surface area contributed by atoms with Crippen LogP contribution in [0.3, 0.4) is 0 Å². The Morgan fingerprint density at radius 3 is 1.04 bits per heavy atom. The fourth-order valence-electron chi connectivity index (χ4n) is 3.05. The van der Waals surface area contributed by atoms with Crippen LogP contribution < -0.4 is 12.4 Å². The summed E-state index contributed by atoms with van der Waals surface area (Å²) in [6.45, 7) is 3.17. The van der Waals surface area contributed by atoms with Crippen LogP contribution in [0.1, 0.15) is 110 Å². The number of nitrogens with zero attached hydrogens (tertiary/aromatic N) is 1. The molecule has 0 aliphatic rings. The van der Waals surface area contributed by atoms with E-state index in [1.165, 1.54) is 96.3 Å². The Labute approximate surface area is 153 Å². The second-order valence-electron chi connectivity index (χ2n) is 7.65. The third kappa shape index (κ3) is 24.6. The van der Waals surface area contributed by atoms with Gasteiger partial charge in [-0.1, -0.05) is 96.8 Å². The molecule has 3 heteroatoms. The molecule has 0 atom stereocenters. The van der Waals surface area contributed by atoms with Crippen molar-refractivity contribution >= 4 is 0 Å². The molecular weight excluding hydrogens is 306 g/mol. The van der Waals surface area contributed by atoms with Gasteiger partial charge < -0.3 is 12.4 Å². The zero-order chi connectivity index (χ0) is 16.5. The summed E-state index contributed by atoms with van der Waals surface area (Å²) in [4.78, 5) is 0. The maximum Gasteiger partial charge on any atom is 0.108 e. The first-order valence-corrected chi connectivity index (χ1v) is 10.1. The smallest absolute Gasteiger partial charge is 0.108 e. The van der Waals surface area contributed by atoms with Crippen LogP contribution in [0.5, 0.6) is 0 Å². The van der Waals surface area contributed by atoms with Crippen molar-refractivity contribution in [2.45, 2.75) is 110 Å². The van der Waals surface area contributed by atoms with Crippen molar-refractivity contribution < 1.29 is 22.3 Å². The van der Waals surface area contributed by atoms with Crippen LogP contribution in [0.25, 0.3) is 0 Å². The molecule has 0 aromatic heterocycles. The molecule has 0 saturated heterocycles. The van der Waals surface area contributed by atoms with Gasteiger partial charge in [-0.15, -0.1) is 0 Å². The monoisotopic (exact) mass is 349 g/mol. The van der Waals surface area contributed by atoms with Gasteiger partial charge in [-0.2, -0.15) is 4.65 Å². The third-order valence-corrected chi connectivity index (χ3v) is 4.56. The number of hydroxylamine groups is 3. The second-order valence-corrected chi connectivity index (χ2v) is 7.65. The Balaban J connectivity index is 0. The van der Waals surface area contributed by atoms with Crippen molar-refractivity contribution in [2.24, 2.45) is 0 Å². The van der Waals surface area contributed by atoms with Crippen LogP contribution in [-0.2, 0) is 0 Å². The molecule has 0 aromatic rings. The molecule has 0 saturated carbocycles. The Bertz CT molecular complexity index is 216. The summed E-state index contributed by atoms with van der Waals surface area (Å²) in [6.07, 6.45) is 22.4. The van der Waals surface area contributed by atoms with E-state index < -0.39 is 0 Å². The molecule has 0 rings (SSSR count). The number of rotatable bonds is 17. The van der Waals surface area contributed by atoms with Crippen LogP contribution in [-0.4, -0.2) is 30.5 Å². The molecule has 0 amide bonds. The largest absolute Gasteiger partial charge is 1.00 e. The number of halogens is 1. The summed E-state index contributed by atoms with van der Waals surface area (Å²) < 4.78 is 0.124. The fraction of sp³-hybridized carbons (Fsp3) is 1.00. The van der Waals surface area contributed by atoms with Crippen molar-refractivity contribution in [2.75, 3.05) is 20.6 Å². The van der Waals surface area contributed by atoms with Gasteiger partial charge in [-0.25, -0.2) is 5.21 Å². The van der Waals surface area contributed by atoms with E-state index in [0.29, 0.717) is 0 Å². The minimum atomic E-state index is 0. The highest BCUT2D eigenvalue weighted by atomic mass is 35.5. The quantitative estimate of drug-likeness (QED) is 0.241. The van der Waals surface area contributed by atoms with Gasteiger partial charge in [0.05, 0.1) is 14.1 Å². The Hall–Kier alpha value is 0.210. The first kappa shape index (κ1) is 25.5. The highest BCUT2D eigenvalue weighted by Gasteiger charge is 2.08. The Morgan fingerprint density at radius 2 is 0.783 bits per heavy atom. The lowest BCUT2D eigenvalue weighted by Gasteiger charge is -2.18. The van der Waals surface area contributed by atoms with Gasteiger partial charge in [-0.05, 0) is 12.8 Å². The molecule has 0 aromatic carbocycles. The van der Waals surface area contributed by atoms with Crippen LogP contribution in [0.4, 0.5) is 0 Å². The molecule has 142 valence electrons. The average molecular weight is 350 g/mol. The van der Waals surface area contributed by atoms with Crippen molar-refractivity contribution in [1.29, 1.82) is 0 Å². The average Bonchev–Trinajstić information content (AvgIpc) is 2.45. The van der Waals surface area contributed by atoms with Gasteiger partial charge in [0, 0.05) is 0 Å². The Morgan fingerprint density at radius 1 is 0.522 bits per heavy atom. The second kappa shape index (κ2) is 18.5. The van der Waals surface area contributed by atoms with Gasteiger partial charge in [0.1, 0.15) is 6.54 Å². The third-order valence-electron chi connectivity index (χ3n) is 4.56. The van der Waals surface area contributed by atoms with Crippen LogP contribution >= 0.6 is 0 Å². The first-order valence-electron chi connectivity index (χ1n) is 10.1. The molecule has 0 fully saturated rings. The van der Waals surface area contributed by atoms with Crippen molar-refractivity contribution in [3.8, 4) is 0 Å². The number of quaternary nitrogens is 1. The molecule has 2 nitrogen and oxygen atoms in total. The summed E-state index contributed by atoms with van der Waals surface area (Å²) in [7, 11) is 3.70. The topological polar surface area (TPSA) is 20.2 Å². The lowest BCUT2D eigenvalue weighted by atomic mass is 10.0. The molecule has 23 heavy (non-hydrogen) atoms. The molecule has 0 bridgehead atoms. The van der Waals surface area contributed by atoms with Crippen LogP contribution in [0, 0.1) is 0 Å². The SMILES string of the molecule is CCCCCCCCCCCCCCCCCC[N+](C)(C)O.[Cl-]. The summed E-state index contributed by atoms with van der Waals surface area (Å²) in [5, 5.41) is 9.57. The summed E-state index contributed by atoms with van der Waals surface area (Å²) >= 11 is 0. The standard InChI is InChI=1S/C20H44NO.ClH/c1-4-5-6-7-8-9-10-11-12-13-14-15-16-17-18-19-20-21(2,3)22;/h22H,4-20H2,1-3H3;1H/q+1;/p-1. The van der Waals surface area contributed by atoms with Crippen molar-refractivity contribution in [3.05, 3.63) is 0 Å². The minimum absolute atomic E-state index is 0. The minimum Gasteiger partial charge on any atom is -1.00 e. The molecule has 1 N–H and O–H groups in total. The van der Waals surface area contributed by atoms with E-state index >= 15 is 0 Å². The summed E-state index contributed by atoms with van der Waals surface area (Å²) in [5.74, 6) is 0. The van der Waals surface area contributed by atoms with Crippen molar-refractivity contribution in [1.82, 2.24) is 0 Å². The zero-order valence-corrected chi connectivity index (χ0v) is 17.0. The lowest BCUT2D eigenvalue weighted by Crippen LogP contribution is -3.00. The van der Waals surface area contributed by atoms with Gasteiger partial charge in [0.15, 0.2) is 0 Å². The fourth-order valence-corrected chi connectivity index (χ4v) is 3.05. The van der Waals surface area contributed by atoms with Gasteiger partial charge >= 0.3 is 0 Å². The Kier molecular flexibility index (Phi) is 20.5. The number of hydrogen-bond acceptors (Lipinski definition) is 1. The molecule has 0 spiro atoms. The zero-order valence-electron chi connectivity index (χ0n) is 16.3. The predicted octanol–water partition coefficient (Wildman–Crippen LogP) is 3.72. The summed E-state index contributed by atoms with van der Waals surface area (Å²) in [5.41, 5.74) is 0. The number of hydrogen-bond donors (Lipinski definition) is 1. The van der Waals surface area contributed by atoms with Gasteiger partial charge in [0.25, 0.3) is 0 Å². The summed E-state index contributed by atoms with van der Waals surface area (Å²) in [6, 6.07) is 0. The van der Waals surface area contributed by atoms with E-state index in [4.69, 9.17) is 0 Å². The molecular formula is C20H44ClNO. The van der Waals surface area contributed by atoms with E-state index in [1.807, 2.05) is 14.1 Å². The molecule has 0 unspecified atom stereocenters. The van der Waals surface area contributed by atoms with E-state index in [1.54, 1.807) is 0 Å².